The molecular formula is C16H25N3O2. The smallest absolute Gasteiger partial charge is 0.131 e. The van der Waals surface area contributed by atoms with E-state index in [1.165, 1.54) is 12.8 Å². The number of hydrogen-bond acceptors (Lipinski definition) is 5. The number of hydrogen-bond donors (Lipinski definition) is 2. The van der Waals surface area contributed by atoms with Gasteiger partial charge in [-0.1, -0.05) is 12.8 Å². The zero-order valence-electron chi connectivity index (χ0n) is 12.7. The van der Waals surface area contributed by atoms with E-state index in [4.69, 9.17) is 0 Å². The van der Waals surface area contributed by atoms with Crippen LogP contribution in [0.15, 0.2) is 12.4 Å². The Labute approximate surface area is 126 Å². The van der Waals surface area contributed by atoms with Gasteiger partial charge in [-0.3, -0.25) is 0 Å². The van der Waals surface area contributed by atoms with Gasteiger partial charge in [-0.25, -0.2) is 9.97 Å². The fourth-order valence-electron chi connectivity index (χ4n) is 3.70. The van der Waals surface area contributed by atoms with E-state index in [-0.39, 0.29) is 18.1 Å². The molecule has 5 heteroatoms. The Morgan fingerprint density at radius 3 is 2.62 bits per heavy atom. The van der Waals surface area contributed by atoms with Crippen molar-refractivity contribution in [3.05, 3.63) is 18.1 Å². The fraction of sp³-hybridized carbons (Fsp3) is 0.750. The monoisotopic (exact) mass is 291 g/mol. The summed E-state index contributed by atoms with van der Waals surface area (Å²) in [4.78, 5) is 10.9. The van der Waals surface area contributed by atoms with Gasteiger partial charge in [-0.05, 0) is 25.7 Å². The molecule has 0 spiro atoms. The summed E-state index contributed by atoms with van der Waals surface area (Å²) >= 11 is 0. The van der Waals surface area contributed by atoms with Crippen LogP contribution in [-0.4, -0.2) is 46.5 Å². The molecule has 2 aliphatic rings. The van der Waals surface area contributed by atoms with E-state index in [1.807, 2.05) is 13.1 Å². The molecule has 1 heterocycles. The van der Waals surface area contributed by atoms with Gasteiger partial charge in [0, 0.05) is 36.7 Å². The normalized spacial score (nSPS) is 27.4. The van der Waals surface area contributed by atoms with Crippen molar-refractivity contribution in [3.63, 3.8) is 0 Å². The molecule has 0 unspecified atom stereocenters. The van der Waals surface area contributed by atoms with Crippen LogP contribution >= 0.6 is 0 Å². The topological polar surface area (TPSA) is 69.5 Å². The Morgan fingerprint density at radius 1 is 1.29 bits per heavy atom. The molecule has 2 N–H and O–H groups in total. The molecule has 0 amide bonds. The van der Waals surface area contributed by atoms with Crippen molar-refractivity contribution < 1.29 is 10.2 Å². The molecule has 2 saturated carbocycles. The van der Waals surface area contributed by atoms with Crippen molar-refractivity contribution >= 4 is 5.82 Å². The van der Waals surface area contributed by atoms with E-state index in [0.29, 0.717) is 5.92 Å². The highest BCUT2D eigenvalue weighted by atomic mass is 16.3. The first-order valence-electron chi connectivity index (χ1n) is 7.94. The minimum atomic E-state index is -0.165. The fourth-order valence-corrected chi connectivity index (χ4v) is 3.70. The highest BCUT2D eigenvalue weighted by molar-refractivity contribution is 5.39. The summed E-state index contributed by atoms with van der Waals surface area (Å²) in [6.07, 6.45) is 7.68. The number of nitrogens with zero attached hydrogens (tertiary/aromatic N) is 3. The van der Waals surface area contributed by atoms with Crippen LogP contribution in [0.5, 0.6) is 0 Å². The quantitative estimate of drug-likeness (QED) is 0.864. The van der Waals surface area contributed by atoms with Crippen molar-refractivity contribution in [2.75, 3.05) is 25.1 Å². The third kappa shape index (κ3) is 3.04. The van der Waals surface area contributed by atoms with Crippen molar-refractivity contribution in [1.29, 1.82) is 0 Å². The first kappa shape index (κ1) is 14.7. The zero-order chi connectivity index (χ0) is 14.9. The Bertz CT molecular complexity index is 482. The molecule has 0 atom stereocenters. The lowest BCUT2D eigenvalue weighted by Crippen LogP contribution is -2.37. The van der Waals surface area contributed by atoms with E-state index in [0.717, 1.165) is 43.7 Å². The number of aromatic nitrogens is 2. The molecule has 0 radical (unpaired) electrons. The van der Waals surface area contributed by atoms with Crippen LogP contribution in [0, 0.1) is 5.41 Å². The lowest BCUT2D eigenvalue weighted by Gasteiger charge is -2.33. The van der Waals surface area contributed by atoms with E-state index in [1.54, 1.807) is 6.33 Å². The number of rotatable bonds is 5. The van der Waals surface area contributed by atoms with E-state index in [2.05, 4.69) is 14.9 Å². The Morgan fingerprint density at radius 2 is 2.00 bits per heavy atom. The van der Waals surface area contributed by atoms with Crippen molar-refractivity contribution in [1.82, 2.24) is 9.97 Å². The molecule has 1 aromatic heterocycles. The molecule has 0 saturated heterocycles. The standard InChI is InChI=1S/C16H25N3O2/c1-19(9-16(10-20)4-2-3-5-16)15-8-14(17-11-18-15)12-6-13(21)7-12/h8,11-13,20-21H,2-7,9-10H2,1H3. The molecular weight excluding hydrogens is 266 g/mol. The van der Waals surface area contributed by atoms with Gasteiger partial charge in [0.25, 0.3) is 0 Å². The highest BCUT2D eigenvalue weighted by Crippen LogP contribution is 2.39. The average Bonchev–Trinajstić information content (AvgIpc) is 2.93. The third-order valence-corrected chi connectivity index (χ3v) is 5.17. The van der Waals surface area contributed by atoms with E-state index >= 15 is 0 Å². The molecule has 0 aliphatic heterocycles. The lowest BCUT2D eigenvalue weighted by molar-refractivity contribution is 0.0732. The van der Waals surface area contributed by atoms with Crippen LogP contribution in [0.1, 0.15) is 50.1 Å². The molecule has 3 rings (SSSR count). The van der Waals surface area contributed by atoms with E-state index < -0.39 is 0 Å². The molecule has 2 fully saturated rings. The lowest BCUT2D eigenvalue weighted by atomic mass is 9.80. The molecule has 1 aromatic rings. The summed E-state index contributed by atoms with van der Waals surface area (Å²) < 4.78 is 0. The van der Waals surface area contributed by atoms with Gasteiger partial charge >= 0.3 is 0 Å². The maximum absolute atomic E-state index is 9.74. The van der Waals surface area contributed by atoms with Crippen LogP contribution in [0.2, 0.25) is 0 Å². The number of aliphatic hydroxyl groups excluding tert-OH is 2. The van der Waals surface area contributed by atoms with Crippen LogP contribution < -0.4 is 4.90 Å². The van der Waals surface area contributed by atoms with Gasteiger partial charge < -0.3 is 15.1 Å². The van der Waals surface area contributed by atoms with Gasteiger partial charge in [-0.2, -0.15) is 0 Å². The predicted octanol–water partition coefficient (Wildman–Crippen LogP) is 1.70. The molecule has 2 aliphatic carbocycles. The van der Waals surface area contributed by atoms with Gasteiger partial charge in [-0.15, -0.1) is 0 Å². The van der Waals surface area contributed by atoms with Crippen LogP contribution in [0.4, 0.5) is 5.82 Å². The van der Waals surface area contributed by atoms with Gasteiger partial charge in [0.1, 0.15) is 12.1 Å². The molecule has 116 valence electrons. The van der Waals surface area contributed by atoms with Gasteiger partial charge in [0.15, 0.2) is 0 Å². The second-order valence-corrected chi connectivity index (χ2v) is 6.84. The summed E-state index contributed by atoms with van der Waals surface area (Å²) in [6, 6.07) is 2.04. The second-order valence-electron chi connectivity index (χ2n) is 6.84. The number of aliphatic hydroxyl groups is 2. The molecule has 21 heavy (non-hydrogen) atoms. The first-order valence-corrected chi connectivity index (χ1v) is 7.94. The average molecular weight is 291 g/mol. The van der Waals surface area contributed by atoms with Crippen LogP contribution in [0.3, 0.4) is 0 Å². The third-order valence-electron chi connectivity index (χ3n) is 5.17. The Balaban J connectivity index is 1.69. The second kappa shape index (κ2) is 5.89. The van der Waals surface area contributed by atoms with Crippen molar-refractivity contribution in [3.8, 4) is 0 Å². The molecule has 0 aromatic carbocycles. The summed E-state index contributed by atoms with van der Waals surface area (Å²) in [5, 5.41) is 19.2. The van der Waals surface area contributed by atoms with E-state index in [9.17, 15) is 10.2 Å². The maximum atomic E-state index is 9.74. The van der Waals surface area contributed by atoms with Gasteiger partial charge in [0.05, 0.1) is 12.7 Å². The van der Waals surface area contributed by atoms with Gasteiger partial charge in [0.2, 0.25) is 0 Å². The molecule has 5 nitrogen and oxygen atoms in total. The summed E-state index contributed by atoms with van der Waals surface area (Å²) in [6.45, 7) is 1.09. The minimum absolute atomic E-state index is 0.0343. The van der Waals surface area contributed by atoms with Crippen LogP contribution in [-0.2, 0) is 0 Å². The maximum Gasteiger partial charge on any atom is 0.131 e. The SMILES string of the molecule is CN(CC1(CO)CCCC1)c1cc(C2CC(O)C2)ncn1. The highest BCUT2D eigenvalue weighted by Gasteiger charge is 2.35. The zero-order valence-corrected chi connectivity index (χ0v) is 12.7. The Kier molecular flexibility index (Phi) is 4.13. The predicted molar refractivity (Wildman–Crippen MR) is 81.3 cm³/mol. The minimum Gasteiger partial charge on any atom is -0.396 e. The molecule has 0 bridgehead atoms. The van der Waals surface area contributed by atoms with Crippen molar-refractivity contribution in [2.45, 2.75) is 50.5 Å². The van der Waals surface area contributed by atoms with Crippen LogP contribution in [0.25, 0.3) is 0 Å². The summed E-state index contributed by atoms with van der Waals surface area (Å²) in [7, 11) is 2.04. The Hall–Kier alpha value is -1.20. The largest absolute Gasteiger partial charge is 0.396 e. The summed E-state index contributed by atoms with van der Waals surface area (Å²) in [5.41, 5.74) is 1.06. The van der Waals surface area contributed by atoms with Crippen molar-refractivity contribution in [2.24, 2.45) is 5.41 Å². The number of anilines is 1. The first-order chi connectivity index (χ1) is 10.1. The summed E-state index contributed by atoms with van der Waals surface area (Å²) in [5.74, 6) is 1.29.